The monoisotopic (exact) mass is 256 g/mol. The van der Waals surface area contributed by atoms with E-state index in [0.717, 1.165) is 16.2 Å². The van der Waals surface area contributed by atoms with Crippen molar-refractivity contribution < 1.29 is 4.79 Å². The number of thiazole rings is 1. The van der Waals surface area contributed by atoms with Crippen molar-refractivity contribution in [3.05, 3.63) is 59.4 Å². The highest BCUT2D eigenvalue weighted by atomic mass is 32.1. The Kier molecular flexibility index (Phi) is 2.94. The van der Waals surface area contributed by atoms with Crippen LogP contribution in [-0.2, 0) is 17.6 Å². The number of nitrogens with zero attached hydrogens (tertiary/aromatic N) is 2. The molecule has 2 aromatic heterocycles. The predicted octanol–water partition coefficient (Wildman–Crippen LogP) is 2.75. The third-order valence-electron chi connectivity index (χ3n) is 2.77. The molecule has 0 atom stereocenters. The Hall–Kier alpha value is -1.94. The molecule has 0 spiro atoms. The van der Waals surface area contributed by atoms with E-state index in [1.807, 2.05) is 52.5 Å². The summed E-state index contributed by atoms with van der Waals surface area (Å²) in [6.07, 6.45) is 4.77. The number of fused-ring (bicyclic) bond motifs is 1. The van der Waals surface area contributed by atoms with Crippen LogP contribution in [0.25, 0.3) is 4.96 Å². The number of imidazole rings is 1. The van der Waals surface area contributed by atoms with Gasteiger partial charge in [-0.2, -0.15) is 0 Å². The second kappa shape index (κ2) is 4.74. The Morgan fingerprint density at radius 1 is 1.22 bits per heavy atom. The Morgan fingerprint density at radius 2 is 2.06 bits per heavy atom. The van der Waals surface area contributed by atoms with E-state index in [0.29, 0.717) is 12.8 Å². The van der Waals surface area contributed by atoms with Crippen LogP contribution in [0.2, 0.25) is 0 Å². The summed E-state index contributed by atoms with van der Waals surface area (Å²) in [5.41, 5.74) is 1.91. The van der Waals surface area contributed by atoms with Gasteiger partial charge in [0.2, 0.25) is 0 Å². The van der Waals surface area contributed by atoms with Crippen LogP contribution >= 0.6 is 11.3 Å². The molecule has 0 aliphatic carbocycles. The van der Waals surface area contributed by atoms with E-state index in [1.165, 1.54) is 0 Å². The first-order chi connectivity index (χ1) is 8.81. The maximum absolute atomic E-state index is 11.9. The van der Waals surface area contributed by atoms with Crippen molar-refractivity contribution in [2.45, 2.75) is 12.8 Å². The van der Waals surface area contributed by atoms with Crippen molar-refractivity contribution in [1.82, 2.24) is 9.38 Å². The Balaban J connectivity index is 1.69. The first-order valence-electron chi connectivity index (χ1n) is 5.78. The van der Waals surface area contributed by atoms with E-state index in [1.54, 1.807) is 11.3 Å². The molecule has 0 saturated carbocycles. The predicted molar refractivity (Wildman–Crippen MR) is 71.9 cm³/mol. The molecule has 0 aliphatic heterocycles. The molecule has 4 heteroatoms. The summed E-state index contributed by atoms with van der Waals surface area (Å²) in [7, 11) is 0. The average Bonchev–Trinajstić information content (AvgIpc) is 2.90. The number of ketones is 1. The zero-order chi connectivity index (χ0) is 12.4. The van der Waals surface area contributed by atoms with Crippen LogP contribution in [0.15, 0.2) is 48.1 Å². The third kappa shape index (κ3) is 2.33. The largest absolute Gasteiger partial charge is 0.299 e. The molecule has 0 saturated heterocycles. The van der Waals surface area contributed by atoms with Gasteiger partial charge in [-0.15, -0.1) is 11.3 Å². The number of hydrogen-bond acceptors (Lipinski definition) is 3. The van der Waals surface area contributed by atoms with E-state index >= 15 is 0 Å². The van der Waals surface area contributed by atoms with E-state index in [2.05, 4.69) is 4.98 Å². The zero-order valence-corrected chi connectivity index (χ0v) is 10.6. The molecule has 3 nitrogen and oxygen atoms in total. The van der Waals surface area contributed by atoms with Crippen molar-refractivity contribution in [3.8, 4) is 0 Å². The first kappa shape index (κ1) is 11.2. The summed E-state index contributed by atoms with van der Waals surface area (Å²) in [5, 5.41) is 1.98. The van der Waals surface area contributed by atoms with Crippen LogP contribution in [0.5, 0.6) is 0 Å². The number of benzene rings is 1. The molecular weight excluding hydrogens is 244 g/mol. The van der Waals surface area contributed by atoms with Crippen LogP contribution in [-0.4, -0.2) is 15.2 Å². The quantitative estimate of drug-likeness (QED) is 0.719. The molecule has 0 N–H and O–H groups in total. The lowest BCUT2D eigenvalue weighted by Crippen LogP contribution is -2.06. The topological polar surface area (TPSA) is 34.4 Å². The van der Waals surface area contributed by atoms with E-state index in [-0.39, 0.29) is 5.78 Å². The Morgan fingerprint density at radius 3 is 2.83 bits per heavy atom. The molecule has 1 aromatic carbocycles. The number of rotatable bonds is 4. The highest BCUT2D eigenvalue weighted by Gasteiger charge is 2.08. The number of carbonyl (C=O) groups excluding carboxylic acids is 1. The molecule has 18 heavy (non-hydrogen) atoms. The molecule has 90 valence electrons. The maximum Gasteiger partial charge on any atom is 0.193 e. The van der Waals surface area contributed by atoms with E-state index in [9.17, 15) is 4.79 Å². The van der Waals surface area contributed by atoms with Crippen LogP contribution in [0.4, 0.5) is 0 Å². The molecule has 2 heterocycles. The molecule has 0 aliphatic rings. The second-order valence-corrected chi connectivity index (χ2v) is 5.08. The lowest BCUT2D eigenvalue weighted by molar-refractivity contribution is -0.117. The zero-order valence-electron chi connectivity index (χ0n) is 9.74. The van der Waals surface area contributed by atoms with Gasteiger partial charge in [-0.05, 0) is 5.56 Å². The Labute approximate surface area is 109 Å². The molecule has 0 radical (unpaired) electrons. The van der Waals surface area contributed by atoms with E-state index in [4.69, 9.17) is 0 Å². The van der Waals surface area contributed by atoms with Gasteiger partial charge in [-0.25, -0.2) is 4.98 Å². The molecule has 0 fully saturated rings. The molecule has 3 rings (SSSR count). The van der Waals surface area contributed by atoms with Gasteiger partial charge in [0.25, 0.3) is 0 Å². The van der Waals surface area contributed by atoms with Gasteiger partial charge < -0.3 is 0 Å². The fourth-order valence-corrected chi connectivity index (χ4v) is 2.67. The number of hydrogen-bond donors (Lipinski definition) is 0. The minimum atomic E-state index is 0.201. The van der Waals surface area contributed by atoms with Crippen molar-refractivity contribution in [1.29, 1.82) is 0 Å². The van der Waals surface area contributed by atoms with Crippen molar-refractivity contribution in [2.75, 3.05) is 0 Å². The lowest BCUT2D eigenvalue weighted by atomic mass is 10.1. The van der Waals surface area contributed by atoms with Crippen LogP contribution in [0, 0.1) is 0 Å². The molecular formula is C14H12N2OS. The Bertz CT molecular complexity index is 641. The highest BCUT2D eigenvalue weighted by Crippen LogP contribution is 2.12. The molecule has 3 aromatic rings. The minimum Gasteiger partial charge on any atom is -0.299 e. The third-order valence-corrected chi connectivity index (χ3v) is 3.54. The van der Waals surface area contributed by atoms with Crippen molar-refractivity contribution in [2.24, 2.45) is 0 Å². The molecule has 0 bridgehead atoms. The van der Waals surface area contributed by atoms with Gasteiger partial charge in [-0.1, -0.05) is 30.3 Å². The van der Waals surface area contributed by atoms with Crippen LogP contribution in [0.1, 0.15) is 11.3 Å². The summed E-state index contributed by atoms with van der Waals surface area (Å²) in [6, 6.07) is 9.81. The van der Waals surface area contributed by atoms with Crippen LogP contribution in [0.3, 0.4) is 0 Å². The minimum absolute atomic E-state index is 0.201. The summed E-state index contributed by atoms with van der Waals surface area (Å²) in [6.45, 7) is 0. The SMILES string of the molecule is O=C(Cc1ccccc1)Cc1cn2ccsc2n1. The number of carbonyl (C=O) groups is 1. The van der Waals surface area contributed by atoms with Crippen molar-refractivity contribution in [3.63, 3.8) is 0 Å². The first-order valence-corrected chi connectivity index (χ1v) is 6.66. The summed E-state index contributed by atoms with van der Waals surface area (Å²) < 4.78 is 1.95. The summed E-state index contributed by atoms with van der Waals surface area (Å²) in [5.74, 6) is 0.201. The normalized spacial score (nSPS) is 10.9. The van der Waals surface area contributed by atoms with Crippen LogP contribution < -0.4 is 0 Å². The highest BCUT2D eigenvalue weighted by molar-refractivity contribution is 7.15. The van der Waals surface area contributed by atoms with Crippen molar-refractivity contribution >= 4 is 22.1 Å². The fourth-order valence-electron chi connectivity index (χ4n) is 1.95. The van der Waals surface area contributed by atoms with Gasteiger partial charge in [0.15, 0.2) is 4.96 Å². The summed E-state index contributed by atoms with van der Waals surface area (Å²) in [4.78, 5) is 17.3. The summed E-state index contributed by atoms with van der Waals surface area (Å²) >= 11 is 1.58. The fraction of sp³-hybridized carbons (Fsp3) is 0.143. The smallest absolute Gasteiger partial charge is 0.193 e. The lowest BCUT2D eigenvalue weighted by Gasteiger charge is -1.98. The molecule has 0 unspecified atom stereocenters. The standard InChI is InChI=1S/C14H12N2OS/c17-13(8-11-4-2-1-3-5-11)9-12-10-16-6-7-18-14(16)15-12/h1-7,10H,8-9H2. The number of aromatic nitrogens is 2. The maximum atomic E-state index is 11.9. The second-order valence-electron chi connectivity index (χ2n) is 4.20. The average molecular weight is 256 g/mol. The van der Waals surface area contributed by atoms with Gasteiger partial charge in [0.1, 0.15) is 5.78 Å². The van der Waals surface area contributed by atoms with Gasteiger partial charge in [-0.3, -0.25) is 9.20 Å². The molecule has 0 amide bonds. The van der Waals surface area contributed by atoms with E-state index < -0.39 is 0 Å². The number of Topliss-reactive ketones (excluding diaryl/α,β-unsaturated/α-hetero) is 1. The van der Waals surface area contributed by atoms with Gasteiger partial charge >= 0.3 is 0 Å². The van der Waals surface area contributed by atoms with Gasteiger partial charge in [0.05, 0.1) is 12.1 Å². The van der Waals surface area contributed by atoms with Gasteiger partial charge in [0, 0.05) is 24.2 Å².